The Balaban J connectivity index is 1.30. The molecule has 6 aliphatic rings. The number of ketones is 1. The number of carbonyl (C=O) groups excluding carboxylic acids is 1. The molecule has 6 rings (SSSR count). The molecule has 47 heavy (non-hydrogen) atoms. The van der Waals surface area contributed by atoms with Crippen LogP contribution in [0.25, 0.3) is 0 Å². The average Bonchev–Trinajstić information content (AvgIpc) is 2.99. The number of carboxylic acid groups (broad SMARTS) is 1. The summed E-state index contributed by atoms with van der Waals surface area (Å²) in [6.45, 7) is 15.8. The Morgan fingerprint density at radius 3 is 2.26 bits per heavy atom. The molecule has 0 amide bonds. The van der Waals surface area contributed by atoms with Crippen molar-refractivity contribution in [3.63, 3.8) is 0 Å². The second-order valence-corrected chi connectivity index (χ2v) is 18.6. The minimum atomic E-state index is -1.44. The van der Waals surface area contributed by atoms with Crippen LogP contribution < -0.4 is 5.73 Å². The van der Waals surface area contributed by atoms with Crippen molar-refractivity contribution in [3.05, 3.63) is 11.6 Å². The number of carboxylic acids is 1. The van der Waals surface area contributed by atoms with E-state index in [9.17, 15) is 30.0 Å². The van der Waals surface area contributed by atoms with E-state index in [1.54, 1.807) is 0 Å². The van der Waals surface area contributed by atoms with Gasteiger partial charge in [0.15, 0.2) is 12.1 Å². The number of nitrogens with two attached hydrogens (primary N) is 1. The van der Waals surface area contributed by atoms with Crippen LogP contribution in [0.5, 0.6) is 0 Å². The van der Waals surface area contributed by atoms with Gasteiger partial charge in [-0.3, -0.25) is 9.59 Å². The summed E-state index contributed by atoms with van der Waals surface area (Å²) in [5.41, 5.74) is 6.34. The largest absolute Gasteiger partial charge is 0.481 e. The van der Waals surface area contributed by atoms with Crippen LogP contribution in [0.4, 0.5) is 0 Å². The molecule has 0 bridgehead atoms. The summed E-state index contributed by atoms with van der Waals surface area (Å²) in [6, 6.07) is 0. The van der Waals surface area contributed by atoms with E-state index in [1.807, 2.05) is 0 Å². The van der Waals surface area contributed by atoms with Gasteiger partial charge in [-0.25, -0.2) is 0 Å². The number of aliphatic hydroxyl groups excluding tert-OH is 3. The summed E-state index contributed by atoms with van der Waals surface area (Å²) >= 11 is 0. The lowest BCUT2D eigenvalue weighted by molar-refractivity contribution is -0.313. The predicted molar refractivity (Wildman–Crippen MR) is 177 cm³/mol. The molecule has 4 saturated carbocycles. The number of Topliss-reactive ketones (excluding diaryl/α,β-unsaturated/α-hetero) is 1. The summed E-state index contributed by atoms with van der Waals surface area (Å²) in [4.78, 5) is 25.9. The van der Waals surface area contributed by atoms with Crippen LogP contribution in [0, 0.1) is 56.2 Å². The van der Waals surface area contributed by atoms with Crippen LogP contribution in [0.2, 0.25) is 0 Å². The molecule has 1 heterocycles. The van der Waals surface area contributed by atoms with E-state index in [4.69, 9.17) is 15.2 Å². The molecule has 13 atom stereocenters. The lowest BCUT2D eigenvalue weighted by Crippen LogP contribution is -2.66. The molecule has 9 heteroatoms. The molecule has 5 aliphatic carbocycles. The number of ether oxygens (including phenoxy) is 2. The zero-order chi connectivity index (χ0) is 34.5. The summed E-state index contributed by atoms with van der Waals surface area (Å²) in [7, 11) is 0. The summed E-state index contributed by atoms with van der Waals surface area (Å²) in [6.07, 6.45) is 6.29. The van der Waals surface area contributed by atoms with E-state index >= 15 is 0 Å². The quantitative estimate of drug-likeness (QED) is 0.199. The average molecular weight is 660 g/mol. The van der Waals surface area contributed by atoms with Gasteiger partial charge in [-0.1, -0.05) is 60.1 Å². The highest BCUT2D eigenvalue weighted by Crippen LogP contribution is 2.76. The van der Waals surface area contributed by atoms with Crippen LogP contribution in [0.3, 0.4) is 0 Å². The molecule has 0 spiro atoms. The van der Waals surface area contributed by atoms with Gasteiger partial charge in [0.1, 0.15) is 12.2 Å². The van der Waals surface area contributed by atoms with E-state index in [0.29, 0.717) is 11.8 Å². The number of hydrogen-bond donors (Lipinski definition) is 5. The Hall–Kier alpha value is -1.36. The normalized spacial score (nSPS) is 50.2. The number of fused-ring (bicyclic) bond motifs is 7. The summed E-state index contributed by atoms with van der Waals surface area (Å²) in [5.74, 6) is -1.32. The maximum Gasteiger partial charge on any atom is 0.310 e. The molecule has 0 aromatic heterocycles. The molecular formula is C38H61NO8. The topological polar surface area (TPSA) is 160 Å². The number of hydrogen-bond acceptors (Lipinski definition) is 8. The number of allylic oxidation sites excluding steroid dienone is 2. The van der Waals surface area contributed by atoms with E-state index in [1.165, 1.54) is 5.57 Å². The Kier molecular flexibility index (Phi) is 8.75. The smallest absolute Gasteiger partial charge is 0.310 e. The first-order valence-corrected chi connectivity index (χ1v) is 18.3. The second-order valence-electron chi connectivity index (χ2n) is 18.6. The Morgan fingerprint density at radius 2 is 1.62 bits per heavy atom. The molecule has 0 aromatic rings. The van der Waals surface area contributed by atoms with Gasteiger partial charge in [0.05, 0.1) is 36.7 Å². The number of rotatable bonds is 6. The number of aliphatic carboxylic acids is 1. The lowest BCUT2D eigenvalue weighted by atomic mass is 9.33. The highest BCUT2D eigenvalue weighted by Gasteiger charge is 2.69. The fourth-order valence-electron chi connectivity index (χ4n) is 12.7. The molecular weight excluding hydrogens is 598 g/mol. The van der Waals surface area contributed by atoms with Gasteiger partial charge in [-0.2, -0.15) is 0 Å². The van der Waals surface area contributed by atoms with Crippen molar-refractivity contribution < 1.29 is 39.5 Å². The molecule has 5 fully saturated rings. The molecule has 0 aromatic carbocycles. The van der Waals surface area contributed by atoms with E-state index in [2.05, 4.69) is 54.5 Å². The molecule has 6 N–H and O–H groups in total. The van der Waals surface area contributed by atoms with Gasteiger partial charge < -0.3 is 35.6 Å². The zero-order valence-electron chi connectivity index (χ0n) is 29.8. The van der Waals surface area contributed by atoms with E-state index in [0.717, 1.165) is 64.2 Å². The Morgan fingerprint density at radius 1 is 0.936 bits per heavy atom. The molecule has 0 radical (unpaired) electrons. The summed E-state index contributed by atoms with van der Waals surface area (Å²) < 4.78 is 12.6. The third-order valence-corrected chi connectivity index (χ3v) is 15.8. The van der Waals surface area contributed by atoms with E-state index < -0.39 is 54.3 Å². The Labute approximate surface area is 281 Å². The molecule has 9 nitrogen and oxygen atoms in total. The molecule has 1 aliphatic heterocycles. The van der Waals surface area contributed by atoms with Gasteiger partial charge in [0, 0.05) is 0 Å². The monoisotopic (exact) mass is 659 g/mol. The lowest BCUT2D eigenvalue weighted by Gasteiger charge is -2.71. The van der Waals surface area contributed by atoms with Crippen molar-refractivity contribution >= 4 is 11.8 Å². The van der Waals surface area contributed by atoms with Gasteiger partial charge in [-0.05, 0) is 109 Å². The second kappa shape index (κ2) is 11.6. The third kappa shape index (κ3) is 4.98. The van der Waals surface area contributed by atoms with Crippen LogP contribution in [0.1, 0.15) is 113 Å². The Bertz CT molecular complexity index is 1300. The van der Waals surface area contributed by atoms with Crippen molar-refractivity contribution in [3.8, 4) is 0 Å². The van der Waals surface area contributed by atoms with Gasteiger partial charge in [0.2, 0.25) is 0 Å². The number of carbonyl (C=O) groups is 2. The minimum absolute atomic E-state index is 0.0256. The fraction of sp³-hybridized carbons (Fsp3) is 0.895. The highest BCUT2D eigenvalue weighted by molar-refractivity contribution is 5.84. The maximum atomic E-state index is 13.0. The van der Waals surface area contributed by atoms with Crippen molar-refractivity contribution in [2.24, 2.45) is 61.9 Å². The van der Waals surface area contributed by atoms with Crippen molar-refractivity contribution in [2.45, 2.75) is 143 Å². The standard InChI is InChI=1S/C38H61NO8/c1-33(2)14-16-38(32(44)45)17-15-36(6)21(22(38)18-33)8-9-26-35(5)12-11-27(34(3,4)25(35)10-13-37(26,36)7)47-31-28(23(41)19-39)30(43)29(42)24(20-40)46-31/h8,22,24-31,40,42-43H,9-20,39H2,1-7H3,(H,44,45)/t22-,24+,25-,26+,27-,28+,29+,30+,31-,35-,36+,37+,38-/m0/s1. The first-order chi connectivity index (χ1) is 21.8. The first kappa shape index (κ1) is 35.5. The molecule has 0 unspecified atom stereocenters. The van der Waals surface area contributed by atoms with Gasteiger partial charge in [-0.15, -0.1) is 0 Å². The third-order valence-electron chi connectivity index (χ3n) is 15.8. The van der Waals surface area contributed by atoms with Crippen LogP contribution in [0.15, 0.2) is 11.6 Å². The van der Waals surface area contributed by atoms with E-state index in [-0.39, 0.29) is 45.6 Å². The SMILES string of the molecule is CC1(C)CC[C@]2(C(=O)O)CC[C@]3(C)C(=CC[C@@H]4[C@@]5(C)CC[C@H](O[C@@H]6O[C@H](CO)[C@@H](O)[C@H](O)[C@H]6C(=O)CN)C(C)(C)[C@@H]5CC[C@]43C)[C@@H]2C1. The van der Waals surface area contributed by atoms with Crippen LogP contribution >= 0.6 is 0 Å². The van der Waals surface area contributed by atoms with Crippen molar-refractivity contribution in [1.29, 1.82) is 0 Å². The first-order valence-electron chi connectivity index (χ1n) is 18.3. The molecule has 266 valence electrons. The number of aliphatic hydroxyl groups is 3. The van der Waals surface area contributed by atoms with Crippen molar-refractivity contribution in [2.75, 3.05) is 13.2 Å². The minimum Gasteiger partial charge on any atom is -0.481 e. The van der Waals surface area contributed by atoms with Crippen LogP contribution in [-0.4, -0.2) is 76.0 Å². The molecule has 1 saturated heterocycles. The van der Waals surface area contributed by atoms with Gasteiger partial charge >= 0.3 is 5.97 Å². The highest BCUT2D eigenvalue weighted by atomic mass is 16.7. The van der Waals surface area contributed by atoms with Gasteiger partial charge in [0.25, 0.3) is 0 Å². The van der Waals surface area contributed by atoms with Crippen LogP contribution in [-0.2, 0) is 19.1 Å². The zero-order valence-corrected chi connectivity index (χ0v) is 29.8. The maximum absolute atomic E-state index is 13.0. The van der Waals surface area contributed by atoms with Crippen molar-refractivity contribution in [1.82, 2.24) is 0 Å². The fourth-order valence-corrected chi connectivity index (χ4v) is 12.7. The summed E-state index contributed by atoms with van der Waals surface area (Å²) in [5, 5.41) is 41.9. The predicted octanol–water partition coefficient (Wildman–Crippen LogP) is 4.84.